The summed E-state index contributed by atoms with van der Waals surface area (Å²) in [5, 5.41) is 14.4. The largest absolute Gasteiger partial charge is 1.00 e. The van der Waals surface area contributed by atoms with Gasteiger partial charge in [0.2, 0.25) is 5.56 Å². The molecule has 2 aromatic heterocycles. The van der Waals surface area contributed by atoms with Crippen LogP contribution in [0, 0.1) is 0 Å². The molecule has 7 nitrogen and oxygen atoms in total. The smallest absolute Gasteiger partial charge is 0.300 e. The van der Waals surface area contributed by atoms with Crippen molar-refractivity contribution in [3.05, 3.63) is 40.9 Å². The molecule has 0 fully saturated rings. The first-order valence-electron chi connectivity index (χ1n) is 4.52. The normalized spacial score (nSPS) is 10.1. The number of aromatic nitrogens is 6. The van der Waals surface area contributed by atoms with Crippen LogP contribution in [0.1, 0.15) is 0 Å². The van der Waals surface area contributed by atoms with Gasteiger partial charge in [-0.3, -0.25) is 14.5 Å². The Morgan fingerprint density at radius 3 is 2.82 bits per heavy atom. The second-order valence-corrected chi connectivity index (χ2v) is 3.12. The van der Waals surface area contributed by atoms with Gasteiger partial charge in [0.25, 0.3) is 0 Å². The van der Waals surface area contributed by atoms with Crippen LogP contribution >= 0.6 is 0 Å². The van der Waals surface area contributed by atoms with Crippen LogP contribution in [0.25, 0.3) is 16.9 Å². The Bertz CT molecular complexity index is 692. The Kier molecular flexibility index (Phi) is 3.32. The molecular weight excluding hydrogens is 231 g/mol. The summed E-state index contributed by atoms with van der Waals surface area (Å²) >= 11 is 0. The van der Waals surface area contributed by atoms with Crippen molar-refractivity contribution in [3.63, 3.8) is 0 Å². The van der Waals surface area contributed by atoms with Crippen LogP contribution in [-0.2, 0) is 0 Å². The predicted octanol–water partition coefficient (Wildman–Crippen LogP) is -3.47. The average Bonchev–Trinajstić information content (AvgIpc) is 2.83. The van der Waals surface area contributed by atoms with E-state index in [2.05, 4.69) is 25.6 Å². The first kappa shape index (κ1) is 11.9. The fourth-order valence-electron chi connectivity index (χ4n) is 1.45. The van der Waals surface area contributed by atoms with Crippen molar-refractivity contribution in [2.24, 2.45) is 0 Å². The fourth-order valence-corrected chi connectivity index (χ4v) is 1.45. The maximum Gasteiger partial charge on any atom is 1.00 e. The van der Waals surface area contributed by atoms with Crippen molar-refractivity contribution in [2.45, 2.75) is 0 Å². The van der Waals surface area contributed by atoms with Crippen molar-refractivity contribution >= 4 is 10.9 Å². The van der Waals surface area contributed by atoms with E-state index in [-0.39, 0.29) is 41.1 Å². The molecule has 0 spiro atoms. The van der Waals surface area contributed by atoms with E-state index < -0.39 is 0 Å². The molecule has 0 saturated heterocycles. The Hall–Kier alpha value is -1.57. The Labute approximate surface area is 117 Å². The molecule has 2 heterocycles. The van der Waals surface area contributed by atoms with E-state index >= 15 is 0 Å². The minimum atomic E-state index is -0.236. The molecule has 0 N–H and O–H groups in total. The third kappa shape index (κ3) is 1.99. The van der Waals surface area contributed by atoms with Gasteiger partial charge in [0.1, 0.15) is 5.95 Å². The number of tetrazole rings is 1. The maximum atomic E-state index is 12.0. The number of hydrogen-bond donors (Lipinski definition) is 0. The molecule has 0 aliphatic rings. The Morgan fingerprint density at radius 1 is 1.24 bits per heavy atom. The van der Waals surface area contributed by atoms with E-state index in [0.29, 0.717) is 10.9 Å². The van der Waals surface area contributed by atoms with Gasteiger partial charge in [-0.1, -0.05) is 12.1 Å². The van der Waals surface area contributed by atoms with Gasteiger partial charge in [0, 0.05) is 0 Å². The molecule has 3 rings (SSSR count). The molecule has 17 heavy (non-hydrogen) atoms. The van der Waals surface area contributed by atoms with Crippen LogP contribution < -0.4 is 40.2 Å². The molecule has 0 bridgehead atoms. The summed E-state index contributed by atoms with van der Waals surface area (Å²) in [7, 11) is 0. The molecule has 3 aromatic rings. The summed E-state index contributed by atoms with van der Waals surface area (Å²) < 4.78 is 1.21. The monoisotopic (exact) mass is 236 g/mol. The van der Waals surface area contributed by atoms with Crippen molar-refractivity contribution in [1.29, 1.82) is 0 Å². The van der Waals surface area contributed by atoms with E-state index in [1.165, 1.54) is 10.9 Å². The third-order valence-electron chi connectivity index (χ3n) is 2.19. The fraction of sp³-hybridized carbons (Fsp3) is 0. The zero-order chi connectivity index (χ0) is 11.0. The maximum absolute atomic E-state index is 12.0. The summed E-state index contributed by atoms with van der Waals surface area (Å²) in [6, 6.07) is 7.06. The van der Waals surface area contributed by atoms with Gasteiger partial charge in [0.05, 0.1) is 17.2 Å². The Morgan fingerprint density at radius 2 is 2.06 bits per heavy atom. The van der Waals surface area contributed by atoms with Crippen LogP contribution in [-0.4, -0.2) is 25.1 Å². The third-order valence-corrected chi connectivity index (χ3v) is 2.19. The van der Waals surface area contributed by atoms with Crippen LogP contribution in [0.5, 0.6) is 0 Å². The molecule has 1 aromatic carbocycles. The molecule has 78 valence electrons. The van der Waals surface area contributed by atoms with Crippen LogP contribution in [0.15, 0.2) is 35.4 Å². The number of fused-ring (bicyclic) bond motifs is 1. The molecule has 0 aliphatic carbocycles. The zero-order valence-corrected chi connectivity index (χ0v) is 11.0. The summed E-state index contributed by atoms with van der Waals surface area (Å²) in [6.45, 7) is 0. The van der Waals surface area contributed by atoms with Gasteiger partial charge >= 0.3 is 29.6 Å². The number of benzene rings is 1. The molecule has 0 aliphatic heterocycles. The standard InChI is InChI=1S/C9H5N6O.Na/c16-8-6-3-1-2-4-7(6)10-5-15(8)9-11-13-14-12-9;/h1-5H;/q-1;+1. The van der Waals surface area contributed by atoms with Crippen molar-refractivity contribution in [1.82, 2.24) is 30.2 Å². The molecular formula is C9H5N6NaO. The quantitative estimate of drug-likeness (QED) is 0.408. The van der Waals surface area contributed by atoms with Crippen LogP contribution in [0.2, 0.25) is 0 Å². The van der Waals surface area contributed by atoms with E-state index in [1.54, 1.807) is 18.2 Å². The SMILES string of the molecule is O=c1c2ccccc2ncn1-c1nnn[n-]1.[Na+]. The topological polar surface area (TPSA) is 87.7 Å². The molecule has 0 unspecified atom stereocenters. The second-order valence-electron chi connectivity index (χ2n) is 3.12. The number of rotatable bonds is 1. The minimum absolute atomic E-state index is 0. The average molecular weight is 236 g/mol. The first-order chi connectivity index (χ1) is 7.86. The number of hydrogen-bond acceptors (Lipinski definition) is 5. The number of para-hydroxylation sites is 1. The van der Waals surface area contributed by atoms with Crippen molar-refractivity contribution < 1.29 is 29.6 Å². The molecule has 8 heteroatoms. The van der Waals surface area contributed by atoms with Gasteiger partial charge < -0.3 is 0 Å². The van der Waals surface area contributed by atoms with Crippen LogP contribution in [0.4, 0.5) is 0 Å². The second kappa shape index (κ2) is 4.74. The molecule has 0 saturated carbocycles. The minimum Gasteiger partial charge on any atom is -0.300 e. The van der Waals surface area contributed by atoms with Gasteiger partial charge in [-0.2, -0.15) is 5.21 Å². The van der Waals surface area contributed by atoms with E-state index in [0.717, 1.165) is 0 Å². The summed E-state index contributed by atoms with van der Waals surface area (Å²) in [4.78, 5) is 16.1. The van der Waals surface area contributed by atoms with E-state index in [4.69, 9.17) is 0 Å². The summed E-state index contributed by atoms with van der Waals surface area (Å²) in [5.74, 6) is 0.128. The number of nitrogens with zero attached hydrogens (tertiary/aromatic N) is 6. The van der Waals surface area contributed by atoms with E-state index in [9.17, 15) is 4.79 Å². The van der Waals surface area contributed by atoms with Gasteiger partial charge in [-0.05, 0) is 12.1 Å². The zero-order valence-electron chi connectivity index (χ0n) is 8.98. The van der Waals surface area contributed by atoms with Gasteiger partial charge in [-0.15, -0.1) is 5.21 Å². The van der Waals surface area contributed by atoms with Crippen molar-refractivity contribution in [3.8, 4) is 5.95 Å². The Balaban J connectivity index is 0.00000108. The van der Waals surface area contributed by atoms with E-state index in [1.807, 2.05) is 6.07 Å². The van der Waals surface area contributed by atoms with Crippen LogP contribution in [0.3, 0.4) is 0 Å². The molecule has 0 amide bonds. The summed E-state index contributed by atoms with van der Waals surface area (Å²) in [5.41, 5.74) is 0.400. The predicted molar refractivity (Wildman–Crippen MR) is 54.0 cm³/mol. The summed E-state index contributed by atoms with van der Waals surface area (Å²) in [6.07, 6.45) is 1.36. The molecule has 0 radical (unpaired) electrons. The molecule has 0 atom stereocenters. The van der Waals surface area contributed by atoms with Gasteiger partial charge in [-0.25, -0.2) is 10.1 Å². The first-order valence-corrected chi connectivity index (χ1v) is 4.52. The van der Waals surface area contributed by atoms with Gasteiger partial charge in [0.15, 0.2) is 0 Å². The van der Waals surface area contributed by atoms with Crippen molar-refractivity contribution in [2.75, 3.05) is 0 Å².